The SMILES string of the molecule is CC(=O)c1c(-c2ccc(OC(F)(F)F)cc2)c[nH]c1C. The molecule has 6 heteroatoms. The topological polar surface area (TPSA) is 42.1 Å². The minimum absolute atomic E-state index is 0.102. The fourth-order valence-corrected chi connectivity index (χ4v) is 2.04. The smallest absolute Gasteiger partial charge is 0.406 e. The summed E-state index contributed by atoms with van der Waals surface area (Å²) in [6.45, 7) is 3.21. The van der Waals surface area contributed by atoms with E-state index in [9.17, 15) is 18.0 Å². The van der Waals surface area contributed by atoms with Crippen LogP contribution in [0.5, 0.6) is 5.75 Å². The Morgan fingerprint density at radius 2 is 1.80 bits per heavy atom. The van der Waals surface area contributed by atoms with Gasteiger partial charge in [0.05, 0.1) is 0 Å². The van der Waals surface area contributed by atoms with Crippen LogP contribution in [0.2, 0.25) is 0 Å². The monoisotopic (exact) mass is 283 g/mol. The van der Waals surface area contributed by atoms with E-state index < -0.39 is 6.36 Å². The predicted octanol–water partition coefficient (Wildman–Crippen LogP) is 4.09. The van der Waals surface area contributed by atoms with Crippen molar-refractivity contribution in [1.82, 2.24) is 4.98 Å². The highest BCUT2D eigenvalue weighted by Crippen LogP contribution is 2.29. The summed E-state index contributed by atoms with van der Waals surface area (Å²) in [6.07, 6.45) is -3.05. The quantitative estimate of drug-likeness (QED) is 0.862. The van der Waals surface area contributed by atoms with Crippen molar-refractivity contribution in [2.45, 2.75) is 20.2 Å². The Hall–Kier alpha value is -2.24. The predicted molar refractivity (Wildman–Crippen MR) is 67.7 cm³/mol. The first-order valence-electron chi connectivity index (χ1n) is 5.83. The molecule has 0 spiro atoms. The number of hydrogen-bond donors (Lipinski definition) is 1. The standard InChI is InChI=1S/C14H12F3NO2/c1-8-13(9(2)19)12(7-18-8)10-3-5-11(6-4-10)20-14(15,16)17/h3-7,18H,1-2H3. The molecule has 0 saturated heterocycles. The second-order valence-electron chi connectivity index (χ2n) is 4.33. The van der Waals surface area contributed by atoms with Crippen LogP contribution >= 0.6 is 0 Å². The summed E-state index contributed by atoms with van der Waals surface area (Å²) in [4.78, 5) is 14.5. The van der Waals surface area contributed by atoms with E-state index in [0.29, 0.717) is 16.7 Å². The first kappa shape index (κ1) is 14.2. The van der Waals surface area contributed by atoms with Gasteiger partial charge in [0.2, 0.25) is 0 Å². The van der Waals surface area contributed by atoms with Gasteiger partial charge in [-0.05, 0) is 31.5 Å². The number of aromatic amines is 1. The fraction of sp³-hybridized carbons (Fsp3) is 0.214. The molecule has 0 bridgehead atoms. The maximum Gasteiger partial charge on any atom is 0.573 e. The number of aryl methyl sites for hydroxylation is 1. The van der Waals surface area contributed by atoms with Crippen molar-refractivity contribution in [2.24, 2.45) is 0 Å². The summed E-state index contributed by atoms with van der Waals surface area (Å²) in [7, 11) is 0. The van der Waals surface area contributed by atoms with Crippen LogP contribution < -0.4 is 4.74 Å². The molecule has 0 aliphatic carbocycles. The van der Waals surface area contributed by atoms with E-state index in [-0.39, 0.29) is 11.5 Å². The van der Waals surface area contributed by atoms with Crippen LogP contribution in [0.4, 0.5) is 13.2 Å². The van der Waals surface area contributed by atoms with Gasteiger partial charge in [0.1, 0.15) is 5.75 Å². The number of halogens is 3. The van der Waals surface area contributed by atoms with Gasteiger partial charge in [-0.15, -0.1) is 13.2 Å². The van der Waals surface area contributed by atoms with E-state index in [0.717, 1.165) is 5.69 Å². The van der Waals surface area contributed by atoms with Crippen LogP contribution in [-0.4, -0.2) is 17.1 Å². The number of aromatic nitrogens is 1. The number of benzene rings is 1. The number of carbonyl (C=O) groups excluding carboxylic acids is 1. The van der Waals surface area contributed by atoms with Crippen molar-refractivity contribution in [2.75, 3.05) is 0 Å². The average molecular weight is 283 g/mol. The molecule has 0 unspecified atom stereocenters. The third kappa shape index (κ3) is 3.01. The Morgan fingerprint density at radius 1 is 1.20 bits per heavy atom. The molecule has 2 aromatic rings. The van der Waals surface area contributed by atoms with Crippen molar-refractivity contribution >= 4 is 5.78 Å². The minimum Gasteiger partial charge on any atom is -0.406 e. The maximum atomic E-state index is 12.1. The van der Waals surface area contributed by atoms with Crippen molar-refractivity contribution in [1.29, 1.82) is 0 Å². The highest BCUT2D eigenvalue weighted by atomic mass is 19.4. The number of nitrogens with one attached hydrogen (secondary N) is 1. The first-order valence-corrected chi connectivity index (χ1v) is 5.83. The summed E-state index contributed by atoms with van der Waals surface area (Å²) < 4.78 is 40.0. The number of alkyl halides is 3. The minimum atomic E-state index is -4.71. The van der Waals surface area contributed by atoms with Gasteiger partial charge < -0.3 is 9.72 Å². The number of ketones is 1. The summed E-state index contributed by atoms with van der Waals surface area (Å²) in [6, 6.07) is 5.40. The molecule has 106 valence electrons. The second kappa shape index (κ2) is 5.03. The Bertz CT molecular complexity index is 627. The van der Waals surface area contributed by atoms with Gasteiger partial charge in [-0.2, -0.15) is 0 Å². The van der Waals surface area contributed by atoms with Crippen molar-refractivity contribution in [3.05, 3.63) is 41.7 Å². The lowest BCUT2D eigenvalue weighted by Crippen LogP contribution is -2.16. The number of Topliss-reactive ketones (excluding diaryl/α,β-unsaturated/α-hetero) is 1. The van der Waals surface area contributed by atoms with Crippen LogP contribution in [0.15, 0.2) is 30.5 Å². The molecule has 2 rings (SSSR count). The van der Waals surface area contributed by atoms with E-state index in [1.807, 2.05) is 0 Å². The van der Waals surface area contributed by atoms with Gasteiger partial charge in [0, 0.05) is 23.0 Å². The first-order chi connectivity index (χ1) is 9.28. The van der Waals surface area contributed by atoms with Gasteiger partial charge in [-0.1, -0.05) is 12.1 Å². The second-order valence-corrected chi connectivity index (χ2v) is 4.33. The van der Waals surface area contributed by atoms with Crippen LogP contribution in [0.25, 0.3) is 11.1 Å². The van der Waals surface area contributed by atoms with Crippen LogP contribution in [0.1, 0.15) is 23.0 Å². The summed E-state index contributed by atoms with van der Waals surface area (Å²) in [5.74, 6) is -0.396. The number of hydrogen-bond acceptors (Lipinski definition) is 2. The van der Waals surface area contributed by atoms with Gasteiger partial charge in [0.15, 0.2) is 5.78 Å². The zero-order chi connectivity index (χ0) is 14.9. The number of H-pyrrole nitrogens is 1. The number of ether oxygens (including phenoxy) is 1. The molecular weight excluding hydrogens is 271 g/mol. The largest absolute Gasteiger partial charge is 0.573 e. The fourth-order valence-electron chi connectivity index (χ4n) is 2.04. The third-order valence-corrected chi connectivity index (χ3v) is 2.83. The molecule has 0 radical (unpaired) electrons. The van der Waals surface area contributed by atoms with Crippen molar-refractivity contribution in [3.8, 4) is 16.9 Å². The lowest BCUT2D eigenvalue weighted by atomic mass is 10.0. The molecule has 0 fully saturated rings. The molecule has 0 aliphatic heterocycles. The molecule has 0 saturated carbocycles. The Morgan fingerprint density at radius 3 is 2.30 bits per heavy atom. The Balaban J connectivity index is 2.34. The van der Waals surface area contributed by atoms with Gasteiger partial charge >= 0.3 is 6.36 Å². The lowest BCUT2D eigenvalue weighted by Gasteiger charge is -2.09. The molecule has 0 amide bonds. The van der Waals surface area contributed by atoms with Crippen LogP contribution in [0.3, 0.4) is 0 Å². The van der Waals surface area contributed by atoms with E-state index in [1.54, 1.807) is 13.1 Å². The zero-order valence-corrected chi connectivity index (χ0v) is 10.8. The lowest BCUT2D eigenvalue weighted by molar-refractivity contribution is -0.274. The van der Waals surface area contributed by atoms with E-state index >= 15 is 0 Å². The van der Waals surface area contributed by atoms with E-state index in [1.165, 1.54) is 31.2 Å². The summed E-state index contributed by atoms with van der Waals surface area (Å²) in [5.41, 5.74) is 2.57. The highest BCUT2D eigenvalue weighted by molar-refractivity contribution is 6.02. The Labute approximate surface area is 113 Å². The van der Waals surface area contributed by atoms with Crippen molar-refractivity contribution < 1.29 is 22.7 Å². The molecule has 3 nitrogen and oxygen atoms in total. The molecular formula is C14H12F3NO2. The normalized spacial score (nSPS) is 11.4. The van der Waals surface area contributed by atoms with Crippen LogP contribution in [0, 0.1) is 6.92 Å². The summed E-state index contributed by atoms with van der Waals surface area (Å²) in [5, 5.41) is 0. The molecule has 0 atom stereocenters. The Kier molecular flexibility index (Phi) is 3.57. The van der Waals surface area contributed by atoms with Gasteiger partial charge in [-0.3, -0.25) is 4.79 Å². The molecule has 1 heterocycles. The van der Waals surface area contributed by atoms with E-state index in [4.69, 9.17) is 0 Å². The van der Waals surface area contributed by atoms with Crippen LogP contribution in [-0.2, 0) is 0 Å². The molecule has 20 heavy (non-hydrogen) atoms. The average Bonchev–Trinajstić information content (AvgIpc) is 2.70. The highest BCUT2D eigenvalue weighted by Gasteiger charge is 2.31. The summed E-state index contributed by atoms with van der Waals surface area (Å²) >= 11 is 0. The zero-order valence-electron chi connectivity index (χ0n) is 10.8. The number of carbonyl (C=O) groups is 1. The van der Waals surface area contributed by atoms with Gasteiger partial charge in [-0.25, -0.2) is 0 Å². The van der Waals surface area contributed by atoms with Gasteiger partial charge in [0.25, 0.3) is 0 Å². The maximum absolute atomic E-state index is 12.1. The van der Waals surface area contributed by atoms with E-state index in [2.05, 4.69) is 9.72 Å². The third-order valence-electron chi connectivity index (χ3n) is 2.83. The molecule has 0 aliphatic rings. The number of rotatable bonds is 3. The molecule has 1 N–H and O–H groups in total. The molecule has 1 aromatic heterocycles. The molecule has 1 aromatic carbocycles. The van der Waals surface area contributed by atoms with Crippen molar-refractivity contribution in [3.63, 3.8) is 0 Å².